The average molecular weight is 1290 g/mol. The van der Waals surface area contributed by atoms with Gasteiger partial charge in [0.15, 0.2) is 0 Å². The number of amides is 9. The smallest absolute Gasteiger partial charge is 0.267 e. The highest BCUT2D eigenvalue weighted by molar-refractivity contribution is 7.99. The van der Waals surface area contributed by atoms with Crippen molar-refractivity contribution < 1.29 is 51.9 Å². The van der Waals surface area contributed by atoms with Crippen LogP contribution in [0.2, 0.25) is 0 Å². The van der Waals surface area contributed by atoms with Crippen LogP contribution in [0.25, 0.3) is 11.1 Å². The lowest BCUT2D eigenvalue weighted by Gasteiger charge is -2.39. The Kier molecular flexibility index (Phi) is 22.6. The number of halogens is 2. The van der Waals surface area contributed by atoms with Crippen molar-refractivity contribution in [2.24, 2.45) is 11.1 Å². The van der Waals surface area contributed by atoms with Gasteiger partial charge in [-0.2, -0.15) is 11.8 Å². The van der Waals surface area contributed by atoms with E-state index in [0.29, 0.717) is 41.6 Å². The molecule has 0 unspecified atom stereocenters. The average Bonchev–Trinajstić information content (AvgIpc) is 1.76. The van der Waals surface area contributed by atoms with Crippen molar-refractivity contribution in [1.29, 1.82) is 0 Å². The minimum atomic E-state index is -3.57. The molecule has 8 atom stereocenters. The first-order valence-corrected chi connectivity index (χ1v) is 33.1. The van der Waals surface area contributed by atoms with Gasteiger partial charge in [-0.15, -0.1) is 0 Å². The van der Waals surface area contributed by atoms with E-state index in [1.54, 1.807) is 67.7 Å². The summed E-state index contributed by atoms with van der Waals surface area (Å²) in [7, 11) is 5.31. The molecule has 3 fully saturated rings. The minimum Gasteiger partial charge on any atom is -0.366 e. The van der Waals surface area contributed by atoms with E-state index in [1.165, 1.54) is 26.5 Å². The van der Waals surface area contributed by atoms with Crippen LogP contribution in [0, 0.1) is 5.41 Å². The minimum absolute atomic E-state index is 0.0207. The fraction of sp³-hybridized carbons (Fsp3) is 0.451. The number of unbranched alkanes of at least 4 members (excludes halogenated alkanes) is 1. The first-order valence-electron chi connectivity index (χ1n) is 31.9. The van der Waals surface area contributed by atoms with Gasteiger partial charge in [0.05, 0.1) is 12.3 Å². The summed E-state index contributed by atoms with van der Waals surface area (Å²) in [6, 6.07) is 30.4. The lowest BCUT2D eigenvalue weighted by molar-refractivity contribution is -0.150. The van der Waals surface area contributed by atoms with Gasteiger partial charge in [0.25, 0.3) is 5.92 Å². The first kappa shape index (κ1) is 68.9. The van der Waals surface area contributed by atoms with E-state index in [4.69, 9.17) is 5.73 Å². The molecule has 19 nitrogen and oxygen atoms in total. The largest absolute Gasteiger partial charge is 0.366 e. The van der Waals surface area contributed by atoms with Crippen LogP contribution in [-0.2, 0) is 64.2 Å². The SMILES string of the molecule is CN(C)CCCC[C@@H]1NC(=O)[C@H](CC(C)(C)C)NC(=O)[C@@H]2C[C@@H](c3ccccc3)CN2C(=O)[C@H](Cc2ccccc2)N(C)C(=O)CSCCNC(=O)[C@H](Cc2ccc(-c3ccc(C(N)=O)cc3)cc2)NC(=O)[C@@H]2Cc3ccccc3CN2C(=O)[C@@H]2CC(F)(F)CN2C1=O. The Bertz CT molecular complexity index is 3500. The molecule has 0 aromatic heterocycles. The van der Waals surface area contributed by atoms with Crippen LogP contribution in [0.1, 0.15) is 103 Å². The van der Waals surface area contributed by atoms with Gasteiger partial charge >= 0.3 is 0 Å². The molecular weight excluding hydrogens is 1210 g/mol. The Morgan fingerprint density at radius 2 is 1.25 bits per heavy atom. The van der Waals surface area contributed by atoms with E-state index >= 15 is 37.5 Å². The standard InChI is InChI=1S/C71H86F2N10O9S/c1-70(2,3)39-56-64(87)76-54(23-15-16-33-79(4)5)67(90)83-44-71(72,73)40-60(83)69(92)81-41-52-22-14-13-21-51(52)37-57(81)65(88)77-55(35-46-24-26-48(27-25-46)49-28-30-50(31-29-49)62(74)85)63(86)75-32-34-93-43-61(84)80(6)59(36-45-17-9-7-10-18-45)68(91)82-42-53(38-58(82)66(89)78-56)47-19-11-8-12-20-47/h7-14,17-22,24-31,53-60H,15-16,23,32-44H2,1-6H3,(H2,74,85)(H,75,86)(H,76,87)(H,77,88)(H,78,89)/t53-,54+,55+,56+,57+,58+,59+,60+/m1/s1. The molecule has 4 aliphatic heterocycles. The Morgan fingerprint density at radius 3 is 1.90 bits per heavy atom. The second kappa shape index (κ2) is 30.5. The third kappa shape index (κ3) is 17.8. The van der Waals surface area contributed by atoms with Crippen LogP contribution >= 0.6 is 11.8 Å². The number of nitrogens with zero attached hydrogens (tertiary/aromatic N) is 5. The Labute approximate surface area is 547 Å². The summed E-state index contributed by atoms with van der Waals surface area (Å²) in [4.78, 5) is 140. The monoisotopic (exact) mass is 1290 g/mol. The van der Waals surface area contributed by atoms with E-state index in [0.717, 1.165) is 27.2 Å². The summed E-state index contributed by atoms with van der Waals surface area (Å²) < 4.78 is 32.5. The highest BCUT2D eigenvalue weighted by Crippen LogP contribution is 2.37. The molecule has 0 radical (unpaired) electrons. The molecule has 0 spiro atoms. The molecule has 22 heteroatoms. The topological polar surface area (TPSA) is 244 Å². The molecule has 0 saturated carbocycles. The number of rotatable bonds is 13. The van der Waals surface area contributed by atoms with E-state index in [2.05, 4.69) is 21.3 Å². The summed E-state index contributed by atoms with van der Waals surface area (Å²) in [5.41, 5.74) is 10.4. The number of nitrogens with two attached hydrogens (primary N) is 1. The first-order chi connectivity index (χ1) is 44.3. The number of fused-ring (bicyclic) bond motifs is 4. The van der Waals surface area contributed by atoms with Gasteiger partial charge in [0.2, 0.25) is 53.2 Å². The van der Waals surface area contributed by atoms with Crippen LogP contribution < -0.4 is 27.0 Å². The Morgan fingerprint density at radius 1 is 0.645 bits per heavy atom. The number of hydrogen-bond acceptors (Lipinski definition) is 11. The number of hydrogen-bond donors (Lipinski definition) is 5. The molecule has 4 heterocycles. The zero-order valence-electron chi connectivity index (χ0n) is 53.8. The lowest BCUT2D eigenvalue weighted by Crippen LogP contribution is -2.61. The molecule has 9 amide bonds. The molecule has 4 aliphatic rings. The number of carbonyl (C=O) groups excluding carboxylic acids is 9. The quantitative estimate of drug-likeness (QED) is 0.0841. The molecule has 0 bridgehead atoms. The summed E-state index contributed by atoms with van der Waals surface area (Å²) in [5.74, 6) is -9.83. The third-order valence-electron chi connectivity index (χ3n) is 18.0. The zero-order valence-corrected chi connectivity index (χ0v) is 54.6. The van der Waals surface area contributed by atoms with Crippen molar-refractivity contribution in [3.8, 4) is 11.1 Å². The van der Waals surface area contributed by atoms with Gasteiger partial charge in [0.1, 0.15) is 42.3 Å². The predicted molar refractivity (Wildman–Crippen MR) is 352 cm³/mol. The molecule has 494 valence electrons. The fourth-order valence-corrected chi connectivity index (χ4v) is 13.7. The summed E-state index contributed by atoms with van der Waals surface area (Å²) >= 11 is 1.22. The Hall–Kier alpha value is -8.50. The molecule has 6 N–H and O–H groups in total. The molecular formula is C71H86F2N10O9S. The highest BCUT2D eigenvalue weighted by Gasteiger charge is 2.54. The number of thioether (sulfide) groups is 1. The van der Waals surface area contributed by atoms with Crippen molar-refractivity contribution in [3.05, 3.63) is 167 Å². The summed E-state index contributed by atoms with van der Waals surface area (Å²) in [6.45, 7) is 5.03. The third-order valence-corrected chi connectivity index (χ3v) is 18.9. The van der Waals surface area contributed by atoms with Gasteiger partial charge in [-0.25, -0.2) is 8.78 Å². The summed E-state index contributed by atoms with van der Waals surface area (Å²) in [5, 5.41) is 11.7. The van der Waals surface area contributed by atoms with Crippen molar-refractivity contribution in [1.82, 2.24) is 45.8 Å². The van der Waals surface area contributed by atoms with Gasteiger partial charge < -0.3 is 51.5 Å². The van der Waals surface area contributed by atoms with Crippen molar-refractivity contribution >= 4 is 64.9 Å². The number of carbonyl (C=O) groups is 9. The zero-order chi connectivity index (χ0) is 66.7. The molecule has 9 rings (SSSR count). The lowest BCUT2D eigenvalue weighted by atomic mass is 9.87. The number of alkyl halides is 2. The molecule has 3 saturated heterocycles. The predicted octanol–water partition coefficient (Wildman–Crippen LogP) is 6.12. The van der Waals surface area contributed by atoms with Crippen molar-refractivity contribution in [3.63, 3.8) is 0 Å². The van der Waals surface area contributed by atoms with Gasteiger partial charge in [-0.1, -0.05) is 142 Å². The van der Waals surface area contributed by atoms with E-state index in [1.807, 2.05) is 113 Å². The molecule has 5 aromatic rings. The maximum absolute atomic E-state index is 16.3. The van der Waals surface area contributed by atoms with Crippen LogP contribution in [0.4, 0.5) is 8.78 Å². The normalized spacial score (nSPS) is 24.1. The number of likely N-dealkylation sites (N-methyl/N-ethyl adjacent to an activating group) is 1. The van der Waals surface area contributed by atoms with Crippen LogP contribution in [0.5, 0.6) is 0 Å². The highest BCUT2D eigenvalue weighted by atomic mass is 32.2. The Balaban J connectivity index is 1.09. The number of nitrogens with one attached hydrogen (secondary N) is 4. The van der Waals surface area contributed by atoms with Crippen LogP contribution in [0.15, 0.2) is 133 Å². The number of primary amides is 1. The molecule has 5 aromatic carbocycles. The van der Waals surface area contributed by atoms with Crippen LogP contribution in [-0.4, -0.2) is 185 Å². The van der Waals surface area contributed by atoms with E-state index in [9.17, 15) is 14.4 Å². The second-order valence-electron chi connectivity index (χ2n) is 26.5. The van der Waals surface area contributed by atoms with E-state index < -0.39 is 114 Å². The van der Waals surface area contributed by atoms with E-state index in [-0.39, 0.29) is 81.5 Å². The molecule has 93 heavy (non-hydrogen) atoms. The van der Waals surface area contributed by atoms with Crippen molar-refractivity contribution in [2.45, 2.75) is 139 Å². The van der Waals surface area contributed by atoms with Crippen LogP contribution in [0.3, 0.4) is 0 Å². The summed E-state index contributed by atoms with van der Waals surface area (Å²) in [6.07, 6.45) is 0.0278. The van der Waals surface area contributed by atoms with Gasteiger partial charge in [-0.05, 0) is 109 Å². The van der Waals surface area contributed by atoms with Gasteiger partial charge in [0, 0.05) is 69.6 Å². The molecule has 0 aliphatic carbocycles. The maximum atomic E-state index is 16.3. The van der Waals surface area contributed by atoms with Crippen molar-refractivity contribution in [2.75, 3.05) is 58.8 Å². The van der Waals surface area contributed by atoms with Gasteiger partial charge in [-0.3, -0.25) is 43.2 Å². The number of benzene rings is 5. The second-order valence-corrected chi connectivity index (χ2v) is 27.6. The maximum Gasteiger partial charge on any atom is 0.267 e. The fourth-order valence-electron chi connectivity index (χ4n) is 12.9.